The molecule has 0 aliphatic rings. The number of ether oxygens (including phenoxy) is 2. The van der Waals surface area contributed by atoms with E-state index < -0.39 is 10.0 Å². The Morgan fingerprint density at radius 1 is 1.03 bits per heavy atom. The predicted molar refractivity (Wildman–Crippen MR) is 133 cm³/mol. The summed E-state index contributed by atoms with van der Waals surface area (Å²) in [5, 5.41) is 11.7. The lowest BCUT2D eigenvalue weighted by atomic mass is 10.2. The number of methoxy groups -OCH3 is 1. The van der Waals surface area contributed by atoms with Gasteiger partial charge in [0.1, 0.15) is 5.75 Å². The Kier molecular flexibility index (Phi) is 12.5. The van der Waals surface area contributed by atoms with Gasteiger partial charge in [0.25, 0.3) is 0 Å². The zero-order chi connectivity index (χ0) is 21.8. The van der Waals surface area contributed by atoms with Crippen molar-refractivity contribution in [3.05, 3.63) is 59.7 Å². The van der Waals surface area contributed by atoms with Crippen molar-refractivity contribution in [3.63, 3.8) is 0 Å². The Labute approximate surface area is 201 Å². The van der Waals surface area contributed by atoms with Gasteiger partial charge in [0.05, 0.1) is 18.6 Å². The van der Waals surface area contributed by atoms with Gasteiger partial charge < -0.3 is 20.1 Å². The third kappa shape index (κ3) is 10.3. The van der Waals surface area contributed by atoms with E-state index in [9.17, 15) is 8.42 Å². The molecule has 4 N–H and O–H groups in total. The molecular formula is C21H31IN4O4S. The fraction of sp³-hybridized carbons (Fsp3) is 0.381. The van der Waals surface area contributed by atoms with Crippen LogP contribution in [0.3, 0.4) is 0 Å². The van der Waals surface area contributed by atoms with Gasteiger partial charge in [-0.15, -0.1) is 24.0 Å². The highest BCUT2D eigenvalue weighted by atomic mass is 127. The summed E-state index contributed by atoms with van der Waals surface area (Å²) in [7, 11) is -2.06. The summed E-state index contributed by atoms with van der Waals surface area (Å²) >= 11 is 0. The van der Waals surface area contributed by atoms with Crippen LogP contribution in [-0.2, 0) is 27.8 Å². The minimum Gasteiger partial charge on any atom is -0.497 e. The molecule has 0 atom stereocenters. The first kappa shape index (κ1) is 27.1. The first-order valence-electron chi connectivity index (χ1n) is 9.77. The molecule has 2 aromatic rings. The van der Waals surface area contributed by atoms with E-state index in [2.05, 4.69) is 15.6 Å². The fourth-order valence-corrected chi connectivity index (χ4v) is 3.10. The van der Waals surface area contributed by atoms with Crippen molar-refractivity contribution >= 4 is 40.0 Å². The Hall–Kier alpha value is -1.89. The molecule has 0 saturated carbocycles. The molecule has 0 aliphatic heterocycles. The highest BCUT2D eigenvalue weighted by Crippen LogP contribution is 2.12. The number of hydrogen-bond acceptors (Lipinski definition) is 5. The van der Waals surface area contributed by atoms with Crippen LogP contribution in [0.1, 0.15) is 24.5 Å². The van der Waals surface area contributed by atoms with E-state index >= 15 is 0 Å². The second-order valence-electron chi connectivity index (χ2n) is 6.53. The number of nitrogens with zero attached hydrogens (tertiary/aromatic N) is 1. The molecule has 0 heterocycles. The van der Waals surface area contributed by atoms with Crippen LogP contribution in [0.4, 0.5) is 0 Å². The van der Waals surface area contributed by atoms with Gasteiger partial charge in [-0.1, -0.05) is 24.3 Å². The molecule has 0 unspecified atom stereocenters. The summed E-state index contributed by atoms with van der Waals surface area (Å²) in [4.78, 5) is 4.73. The zero-order valence-corrected chi connectivity index (χ0v) is 21.0. The minimum atomic E-state index is -3.69. The highest BCUT2D eigenvalue weighted by molar-refractivity contribution is 14.0. The number of rotatable bonds is 11. The van der Waals surface area contributed by atoms with Gasteiger partial charge in [0.15, 0.2) is 5.96 Å². The third-order valence-electron chi connectivity index (χ3n) is 4.25. The van der Waals surface area contributed by atoms with Gasteiger partial charge in [-0.2, -0.15) is 0 Å². The van der Waals surface area contributed by atoms with E-state index in [1.54, 1.807) is 19.2 Å². The van der Waals surface area contributed by atoms with Crippen LogP contribution in [0, 0.1) is 0 Å². The summed E-state index contributed by atoms with van der Waals surface area (Å²) in [6.07, 6.45) is 0.861. The van der Waals surface area contributed by atoms with E-state index in [1.807, 2.05) is 31.2 Å². The molecule has 0 amide bonds. The fourth-order valence-electron chi connectivity index (χ4n) is 2.58. The van der Waals surface area contributed by atoms with Crippen molar-refractivity contribution in [3.8, 4) is 5.75 Å². The van der Waals surface area contributed by atoms with Gasteiger partial charge in [0.2, 0.25) is 10.0 Å². The molecule has 0 bridgehead atoms. The van der Waals surface area contributed by atoms with Gasteiger partial charge >= 0.3 is 0 Å². The molecule has 0 aliphatic carbocycles. The summed E-state index contributed by atoms with van der Waals surface area (Å²) in [5.41, 5.74) is 1.97. The van der Waals surface area contributed by atoms with E-state index in [-0.39, 0.29) is 28.9 Å². The maximum atomic E-state index is 11.4. The molecule has 31 heavy (non-hydrogen) atoms. The number of halogens is 1. The average molecular weight is 562 g/mol. The maximum absolute atomic E-state index is 11.4. The second-order valence-corrected chi connectivity index (χ2v) is 8.09. The third-order valence-corrected chi connectivity index (χ3v) is 5.18. The van der Waals surface area contributed by atoms with Crippen LogP contribution in [0.5, 0.6) is 5.75 Å². The molecular weight excluding hydrogens is 531 g/mol. The summed E-state index contributed by atoms with van der Waals surface area (Å²) in [6.45, 7) is 5.08. The number of benzene rings is 2. The lowest BCUT2D eigenvalue weighted by Crippen LogP contribution is -2.37. The Morgan fingerprint density at radius 3 is 2.26 bits per heavy atom. The van der Waals surface area contributed by atoms with Crippen LogP contribution < -0.4 is 20.5 Å². The Morgan fingerprint density at radius 2 is 1.68 bits per heavy atom. The molecule has 2 rings (SSSR count). The first-order chi connectivity index (χ1) is 14.4. The minimum absolute atomic E-state index is 0. The second kappa shape index (κ2) is 14.2. The number of sulfonamides is 1. The van der Waals surface area contributed by atoms with Gasteiger partial charge in [-0.3, -0.25) is 0 Å². The summed E-state index contributed by atoms with van der Waals surface area (Å²) in [6, 6.07) is 14.2. The smallest absolute Gasteiger partial charge is 0.238 e. The standard InChI is InChI=1S/C21H30N4O4S.HI/c1-3-29-14-4-13-23-21(24-15-17-5-9-19(28-2)10-6-17)25-16-18-7-11-20(12-8-18)30(22,26)27;/h5-12H,3-4,13-16H2,1-2H3,(H2,22,26,27)(H2,23,24,25);1H. The van der Waals surface area contributed by atoms with Crippen molar-refractivity contribution in [1.29, 1.82) is 0 Å². The Balaban J connectivity index is 0.00000480. The predicted octanol–water partition coefficient (Wildman–Crippen LogP) is 2.62. The molecule has 10 heteroatoms. The normalized spacial score (nSPS) is 11.5. The van der Waals surface area contributed by atoms with Crippen LogP contribution in [-0.4, -0.2) is 41.2 Å². The number of nitrogens with one attached hydrogen (secondary N) is 2. The quantitative estimate of drug-likeness (QED) is 0.168. The number of guanidine groups is 1. The average Bonchev–Trinajstić information content (AvgIpc) is 2.75. The van der Waals surface area contributed by atoms with Crippen LogP contribution in [0.15, 0.2) is 58.4 Å². The van der Waals surface area contributed by atoms with Crippen molar-refractivity contribution in [2.24, 2.45) is 10.1 Å². The molecule has 0 radical (unpaired) electrons. The van der Waals surface area contributed by atoms with Gasteiger partial charge in [-0.05, 0) is 48.7 Å². The van der Waals surface area contributed by atoms with Gasteiger partial charge in [-0.25, -0.2) is 18.5 Å². The van der Waals surface area contributed by atoms with Crippen LogP contribution in [0.2, 0.25) is 0 Å². The van der Waals surface area contributed by atoms with Crippen LogP contribution >= 0.6 is 24.0 Å². The molecule has 0 fully saturated rings. The molecule has 8 nitrogen and oxygen atoms in total. The van der Waals surface area contributed by atoms with Crippen molar-refractivity contribution < 1.29 is 17.9 Å². The molecule has 172 valence electrons. The van der Waals surface area contributed by atoms with Crippen molar-refractivity contribution in [1.82, 2.24) is 10.6 Å². The summed E-state index contributed by atoms with van der Waals surface area (Å²) in [5.74, 6) is 1.47. The largest absolute Gasteiger partial charge is 0.497 e. The lowest BCUT2D eigenvalue weighted by molar-refractivity contribution is 0.145. The van der Waals surface area contributed by atoms with E-state index in [0.717, 1.165) is 29.8 Å². The molecule has 2 aromatic carbocycles. The van der Waals surface area contributed by atoms with E-state index in [4.69, 9.17) is 14.6 Å². The molecule has 0 aromatic heterocycles. The number of primary sulfonamides is 1. The number of hydrogen-bond donors (Lipinski definition) is 3. The van der Waals surface area contributed by atoms with Crippen molar-refractivity contribution in [2.45, 2.75) is 31.3 Å². The van der Waals surface area contributed by atoms with Crippen LogP contribution in [0.25, 0.3) is 0 Å². The van der Waals surface area contributed by atoms with Gasteiger partial charge in [0, 0.05) is 26.3 Å². The van der Waals surface area contributed by atoms with E-state index in [0.29, 0.717) is 32.3 Å². The monoisotopic (exact) mass is 562 g/mol. The lowest BCUT2D eigenvalue weighted by Gasteiger charge is -2.13. The topological polar surface area (TPSA) is 115 Å². The number of nitrogens with two attached hydrogens (primary N) is 1. The number of aliphatic imine (C=N–C) groups is 1. The maximum Gasteiger partial charge on any atom is 0.238 e. The first-order valence-corrected chi connectivity index (χ1v) is 11.3. The van der Waals surface area contributed by atoms with Crippen molar-refractivity contribution in [2.75, 3.05) is 26.9 Å². The summed E-state index contributed by atoms with van der Waals surface area (Å²) < 4.78 is 33.3. The Bertz CT molecular complexity index is 904. The molecule has 0 saturated heterocycles. The zero-order valence-electron chi connectivity index (χ0n) is 17.8. The van der Waals surface area contributed by atoms with E-state index in [1.165, 1.54) is 12.1 Å². The molecule has 0 spiro atoms. The SMILES string of the molecule is CCOCCCNC(=NCc1ccc(OC)cc1)NCc1ccc(S(N)(=O)=O)cc1.I. The highest BCUT2D eigenvalue weighted by Gasteiger charge is 2.07.